The van der Waals surface area contributed by atoms with Gasteiger partial charge in [-0.15, -0.1) is 0 Å². The maximum absolute atomic E-state index is 11.7. The van der Waals surface area contributed by atoms with Crippen LogP contribution in [0.3, 0.4) is 0 Å². The summed E-state index contributed by atoms with van der Waals surface area (Å²) in [5.41, 5.74) is 9.16. The molecule has 0 radical (unpaired) electrons. The summed E-state index contributed by atoms with van der Waals surface area (Å²) in [7, 11) is 0. The van der Waals surface area contributed by atoms with Crippen molar-refractivity contribution in [3.05, 3.63) is 29.3 Å². The number of carbonyl (C=O) groups is 1. The van der Waals surface area contributed by atoms with E-state index in [2.05, 4.69) is 16.4 Å². The SMILES string of the molecule is Cc1cc(C)cc(NC(N)=NCCCC(=O)OC2CCCC2)c1. The number of esters is 1. The molecule has 0 unspecified atom stereocenters. The van der Waals surface area contributed by atoms with Crippen LogP contribution in [-0.2, 0) is 9.53 Å². The van der Waals surface area contributed by atoms with E-state index in [4.69, 9.17) is 10.5 Å². The van der Waals surface area contributed by atoms with E-state index in [0.717, 1.165) is 18.5 Å². The second-order valence-corrected chi connectivity index (χ2v) is 6.27. The minimum Gasteiger partial charge on any atom is -0.462 e. The summed E-state index contributed by atoms with van der Waals surface area (Å²) in [6.07, 6.45) is 5.55. The first-order valence-corrected chi connectivity index (χ1v) is 8.37. The van der Waals surface area contributed by atoms with Gasteiger partial charge in [-0.25, -0.2) is 0 Å². The highest BCUT2D eigenvalue weighted by Gasteiger charge is 2.18. The Hall–Kier alpha value is -2.04. The van der Waals surface area contributed by atoms with Gasteiger partial charge < -0.3 is 15.8 Å². The minimum absolute atomic E-state index is 0.118. The minimum atomic E-state index is -0.118. The third-order valence-electron chi connectivity index (χ3n) is 3.92. The van der Waals surface area contributed by atoms with Gasteiger partial charge in [0.1, 0.15) is 6.10 Å². The Bertz CT molecular complexity index is 543. The van der Waals surface area contributed by atoms with Crippen molar-refractivity contribution < 1.29 is 9.53 Å². The summed E-state index contributed by atoms with van der Waals surface area (Å²) in [5, 5.41) is 3.08. The maximum atomic E-state index is 11.7. The lowest BCUT2D eigenvalue weighted by molar-refractivity contribution is -0.148. The molecule has 0 bridgehead atoms. The van der Waals surface area contributed by atoms with E-state index in [-0.39, 0.29) is 12.1 Å². The first-order valence-electron chi connectivity index (χ1n) is 8.37. The van der Waals surface area contributed by atoms with Gasteiger partial charge in [-0.05, 0) is 69.2 Å². The number of nitrogens with one attached hydrogen (secondary N) is 1. The molecule has 0 aromatic heterocycles. The van der Waals surface area contributed by atoms with Crippen LogP contribution in [0.1, 0.15) is 49.7 Å². The van der Waals surface area contributed by atoms with E-state index in [9.17, 15) is 4.79 Å². The van der Waals surface area contributed by atoms with Crippen LogP contribution in [-0.4, -0.2) is 24.6 Å². The quantitative estimate of drug-likeness (QED) is 0.365. The molecule has 5 heteroatoms. The van der Waals surface area contributed by atoms with Crippen molar-refractivity contribution in [1.82, 2.24) is 0 Å². The molecular weight excluding hydrogens is 290 g/mol. The van der Waals surface area contributed by atoms with Gasteiger partial charge in [0.15, 0.2) is 5.96 Å². The second kappa shape index (κ2) is 8.56. The summed E-state index contributed by atoms with van der Waals surface area (Å²) in [5.74, 6) is 0.257. The highest BCUT2D eigenvalue weighted by atomic mass is 16.5. The Labute approximate surface area is 138 Å². The van der Waals surface area contributed by atoms with Gasteiger partial charge >= 0.3 is 5.97 Å². The molecule has 1 fully saturated rings. The van der Waals surface area contributed by atoms with Gasteiger partial charge in [-0.1, -0.05) is 6.07 Å². The highest BCUT2D eigenvalue weighted by molar-refractivity contribution is 5.92. The number of anilines is 1. The van der Waals surface area contributed by atoms with Crippen LogP contribution < -0.4 is 11.1 Å². The first kappa shape index (κ1) is 17.3. The van der Waals surface area contributed by atoms with Crippen molar-refractivity contribution in [2.45, 2.75) is 58.5 Å². The summed E-state index contributed by atoms with van der Waals surface area (Å²) in [4.78, 5) is 16.0. The van der Waals surface area contributed by atoms with Crippen molar-refractivity contribution in [2.24, 2.45) is 10.7 Å². The zero-order valence-electron chi connectivity index (χ0n) is 14.1. The number of nitrogens with two attached hydrogens (primary N) is 1. The number of aliphatic imine (C=N–C) groups is 1. The lowest BCUT2D eigenvalue weighted by Crippen LogP contribution is -2.23. The van der Waals surface area contributed by atoms with Crippen molar-refractivity contribution in [3.8, 4) is 0 Å². The Morgan fingerprint density at radius 2 is 1.91 bits per heavy atom. The third-order valence-corrected chi connectivity index (χ3v) is 3.92. The fourth-order valence-electron chi connectivity index (χ4n) is 2.91. The van der Waals surface area contributed by atoms with Gasteiger partial charge in [-0.3, -0.25) is 9.79 Å². The second-order valence-electron chi connectivity index (χ2n) is 6.27. The molecule has 126 valence electrons. The van der Waals surface area contributed by atoms with Crippen LogP contribution in [0, 0.1) is 13.8 Å². The van der Waals surface area contributed by atoms with Crippen LogP contribution in [0.5, 0.6) is 0 Å². The van der Waals surface area contributed by atoms with Crippen LogP contribution in [0.25, 0.3) is 0 Å². The first-order chi connectivity index (χ1) is 11.0. The summed E-state index contributed by atoms with van der Waals surface area (Å²) < 4.78 is 5.41. The zero-order valence-corrected chi connectivity index (χ0v) is 14.1. The Morgan fingerprint density at radius 1 is 1.26 bits per heavy atom. The molecule has 1 aliphatic rings. The lowest BCUT2D eigenvalue weighted by Gasteiger charge is -2.10. The van der Waals surface area contributed by atoms with Crippen LogP contribution in [0.2, 0.25) is 0 Å². The lowest BCUT2D eigenvalue weighted by atomic mass is 10.1. The third kappa shape index (κ3) is 6.30. The molecule has 0 amide bonds. The van der Waals surface area contributed by atoms with Gasteiger partial charge in [0.25, 0.3) is 0 Å². The molecule has 2 rings (SSSR count). The number of carbonyl (C=O) groups excluding carboxylic acids is 1. The van der Waals surface area contributed by atoms with E-state index in [0.29, 0.717) is 25.3 Å². The van der Waals surface area contributed by atoms with E-state index < -0.39 is 0 Å². The van der Waals surface area contributed by atoms with Gasteiger partial charge in [-0.2, -0.15) is 0 Å². The molecule has 5 nitrogen and oxygen atoms in total. The van der Waals surface area contributed by atoms with Crippen LogP contribution in [0.4, 0.5) is 5.69 Å². The monoisotopic (exact) mass is 317 g/mol. The molecule has 0 spiro atoms. The highest BCUT2D eigenvalue weighted by Crippen LogP contribution is 2.21. The normalized spacial score (nSPS) is 15.7. The van der Waals surface area contributed by atoms with E-state index in [1.165, 1.54) is 24.0 Å². The molecule has 0 saturated heterocycles. The number of ether oxygens (including phenoxy) is 1. The summed E-state index contributed by atoms with van der Waals surface area (Å²) in [6, 6.07) is 6.15. The molecule has 1 aromatic carbocycles. The number of benzene rings is 1. The molecule has 0 aliphatic heterocycles. The maximum Gasteiger partial charge on any atom is 0.306 e. The Kier molecular flexibility index (Phi) is 6.44. The Morgan fingerprint density at radius 3 is 2.57 bits per heavy atom. The number of aryl methyl sites for hydroxylation is 2. The summed E-state index contributed by atoms with van der Waals surface area (Å²) in [6.45, 7) is 4.60. The smallest absolute Gasteiger partial charge is 0.306 e. The van der Waals surface area contributed by atoms with Crippen molar-refractivity contribution in [1.29, 1.82) is 0 Å². The largest absolute Gasteiger partial charge is 0.462 e. The summed E-state index contributed by atoms with van der Waals surface area (Å²) >= 11 is 0. The van der Waals surface area contributed by atoms with Crippen LogP contribution >= 0.6 is 0 Å². The number of rotatable bonds is 6. The van der Waals surface area contributed by atoms with Crippen LogP contribution in [0.15, 0.2) is 23.2 Å². The predicted octanol–water partition coefficient (Wildman–Crippen LogP) is 3.30. The van der Waals surface area contributed by atoms with Crippen molar-refractivity contribution >= 4 is 17.6 Å². The standard InChI is InChI=1S/C18H27N3O2/c1-13-10-14(2)12-15(11-13)21-18(19)20-9-5-8-17(22)23-16-6-3-4-7-16/h10-12,16H,3-9H2,1-2H3,(H3,19,20,21). The Balaban J connectivity index is 1.69. The molecule has 1 aliphatic carbocycles. The molecular formula is C18H27N3O2. The van der Waals surface area contributed by atoms with E-state index in [1.54, 1.807) is 0 Å². The number of hydrogen-bond donors (Lipinski definition) is 2. The fraction of sp³-hybridized carbons (Fsp3) is 0.556. The van der Waals surface area contributed by atoms with Crippen molar-refractivity contribution in [2.75, 3.05) is 11.9 Å². The average molecular weight is 317 g/mol. The zero-order chi connectivity index (χ0) is 16.7. The topological polar surface area (TPSA) is 76.7 Å². The molecule has 0 heterocycles. The van der Waals surface area contributed by atoms with Gasteiger partial charge in [0.2, 0.25) is 0 Å². The van der Waals surface area contributed by atoms with Gasteiger partial charge in [0, 0.05) is 18.7 Å². The molecule has 1 aromatic rings. The van der Waals surface area contributed by atoms with Gasteiger partial charge in [0.05, 0.1) is 0 Å². The average Bonchev–Trinajstić information content (AvgIpc) is 2.95. The fourth-order valence-corrected chi connectivity index (χ4v) is 2.91. The van der Waals surface area contributed by atoms with E-state index >= 15 is 0 Å². The molecule has 0 atom stereocenters. The number of hydrogen-bond acceptors (Lipinski definition) is 3. The van der Waals surface area contributed by atoms with Crippen molar-refractivity contribution in [3.63, 3.8) is 0 Å². The number of nitrogens with zero attached hydrogens (tertiary/aromatic N) is 1. The molecule has 3 N–H and O–H groups in total. The van der Waals surface area contributed by atoms with E-state index in [1.807, 2.05) is 26.0 Å². The number of guanidine groups is 1. The predicted molar refractivity (Wildman–Crippen MR) is 93.6 cm³/mol. The molecule has 1 saturated carbocycles. The molecule has 23 heavy (non-hydrogen) atoms.